The Balaban J connectivity index is 1.49. The molecule has 0 saturated carbocycles. The monoisotopic (exact) mass is 518 g/mol. The fraction of sp³-hybridized carbons (Fsp3) is 0.261. The molecule has 0 bridgehead atoms. The summed E-state index contributed by atoms with van der Waals surface area (Å²) in [7, 11) is 0. The molecule has 1 amide bonds. The van der Waals surface area contributed by atoms with Crippen LogP contribution in [0.3, 0.4) is 0 Å². The van der Waals surface area contributed by atoms with E-state index in [-0.39, 0.29) is 27.8 Å². The summed E-state index contributed by atoms with van der Waals surface area (Å²) in [4.78, 5) is 21.4. The molecule has 0 aliphatic heterocycles. The molecule has 2 aromatic carbocycles. The molecular weight excluding hydrogens is 496 g/mol. The van der Waals surface area contributed by atoms with Crippen LogP contribution in [-0.4, -0.2) is 44.3 Å². The van der Waals surface area contributed by atoms with Gasteiger partial charge in [0.15, 0.2) is 0 Å². The second kappa shape index (κ2) is 11.5. The SMILES string of the molecule is CC(C)Oc1ccc(-c2ccnc([As]CCCNC(=O)c3c(Cl)cccc3Cl)n2)cc1. The maximum absolute atomic E-state index is 12.3. The first-order valence-corrected chi connectivity index (χ1v) is 13.0. The van der Waals surface area contributed by atoms with Gasteiger partial charge < -0.3 is 0 Å². The second-order valence-corrected chi connectivity index (χ2v) is 10.3. The van der Waals surface area contributed by atoms with E-state index in [1.807, 2.05) is 44.2 Å². The number of aromatic nitrogens is 2. The van der Waals surface area contributed by atoms with E-state index in [9.17, 15) is 4.79 Å². The number of carbonyl (C=O) groups is 1. The summed E-state index contributed by atoms with van der Waals surface area (Å²) in [5.74, 6) is 0.592. The average molecular weight is 519 g/mol. The first kappa shape index (κ1) is 23.6. The number of rotatable bonds is 9. The number of nitrogens with one attached hydrogen (secondary N) is 1. The van der Waals surface area contributed by atoms with E-state index in [4.69, 9.17) is 32.9 Å². The Bertz CT molecular complexity index is 1010. The molecule has 3 rings (SSSR count). The van der Waals surface area contributed by atoms with E-state index in [1.54, 1.807) is 24.4 Å². The molecule has 1 aromatic heterocycles. The maximum atomic E-state index is 12.3. The summed E-state index contributed by atoms with van der Waals surface area (Å²) >= 11 is 12.0. The Labute approximate surface area is 199 Å². The molecular formula is C23H23AsCl2N3O2. The van der Waals surface area contributed by atoms with Crippen molar-refractivity contribution >= 4 is 49.5 Å². The van der Waals surface area contributed by atoms with Gasteiger partial charge in [-0.3, -0.25) is 0 Å². The van der Waals surface area contributed by atoms with Gasteiger partial charge in [-0.1, -0.05) is 0 Å². The van der Waals surface area contributed by atoms with Crippen LogP contribution in [0.2, 0.25) is 15.3 Å². The summed E-state index contributed by atoms with van der Waals surface area (Å²) in [5.41, 5.74) is 2.25. The summed E-state index contributed by atoms with van der Waals surface area (Å²) in [6.07, 6.45) is 2.78. The molecule has 1 radical (unpaired) electrons. The van der Waals surface area contributed by atoms with E-state index in [2.05, 4.69) is 10.3 Å². The number of carbonyl (C=O) groups excluding carboxylic acids is 1. The number of hydrogen-bond acceptors (Lipinski definition) is 4. The van der Waals surface area contributed by atoms with E-state index >= 15 is 0 Å². The van der Waals surface area contributed by atoms with Crippen molar-refractivity contribution in [1.82, 2.24) is 15.3 Å². The molecule has 3 aromatic rings. The van der Waals surface area contributed by atoms with Crippen molar-refractivity contribution in [3.63, 3.8) is 0 Å². The molecule has 0 aliphatic carbocycles. The predicted molar refractivity (Wildman–Crippen MR) is 127 cm³/mol. The van der Waals surface area contributed by atoms with Crippen molar-refractivity contribution < 1.29 is 9.53 Å². The van der Waals surface area contributed by atoms with Gasteiger partial charge in [0.05, 0.1) is 0 Å². The third kappa shape index (κ3) is 6.96. The third-order valence-electron chi connectivity index (χ3n) is 4.23. The topological polar surface area (TPSA) is 64.1 Å². The van der Waals surface area contributed by atoms with Crippen LogP contribution in [0.4, 0.5) is 0 Å². The number of benzene rings is 2. The molecule has 5 nitrogen and oxygen atoms in total. The van der Waals surface area contributed by atoms with Gasteiger partial charge in [-0.25, -0.2) is 0 Å². The summed E-state index contributed by atoms with van der Waals surface area (Å²) in [6.45, 7) is 4.56. The van der Waals surface area contributed by atoms with Gasteiger partial charge in [0.2, 0.25) is 0 Å². The van der Waals surface area contributed by atoms with Gasteiger partial charge in [0, 0.05) is 0 Å². The fourth-order valence-corrected chi connectivity index (χ4v) is 5.16. The van der Waals surface area contributed by atoms with E-state index in [1.165, 1.54) is 0 Å². The van der Waals surface area contributed by atoms with Crippen LogP contribution in [0, 0.1) is 0 Å². The van der Waals surface area contributed by atoms with E-state index < -0.39 is 0 Å². The zero-order valence-corrected chi connectivity index (χ0v) is 20.7. The van der Waals surface area contributed by atoms with Crippen LogP contribution < -0.4 is 14.7 Å². The molecule has 0 spiro atoms. The van der Waals surface area contributed by atoms with Crippen LogP contribution in [0.5, 0.6) is 5.75 Å². The van der Waals surface area contributed by atoms with Gasteiger partial charge in [0.25, 0.3) is 0 Å². The van der Waals surface area contributed by atoms with Gasteiger partial charge in [0.1, 0.15) is 0 Å². The van der Waals surface area contributed by atoms with Crippen molar-refractivity contribution in [2.24, 2.45) is 0 Å². The Hall–Kier alpha value is -2.07. The van der Waals surface area contributed by atoms with Crippen LogP contribution in [0.1, 0.15) is 30.6 Å². The number of amides is 1. The van der Waals surface area contributed by atoms with Crippen molar-refractivity contribution in [1.29, 1.82) is 0 Å². The average Bonchev–Trinajstić information content (AvgIpc) is 2.74. The Kier molecular flexibility index (Phi) is 8.77. The number of halogens is 2. The fourth-order valence-electron chi connectivity index (χ4n) is 2.82. The Morgan fingerprint density at radius 3 is 2.48 bits per heavy atom. The first-order valence-electron chi connectivity index (χ1n) is 9.94. The Morgan fingerprint density at radius 1 is 1.10 bits per heavy atom. The number of ether oxygens (including phenoxy) is 1. The summed E-state index contributed by atoms with van der Waals surface area (Å²) in [5, 5.41) is 4.52. The normalized spacial score (nSPS) is 11.3. The van der Waals surface area contributed by atoms with Crippen molar-refractivity contribution in [2.75, 3.05) is 6.54 Å². The zero-order chi connectivity index (χ0) is 22.2. The molecule has 0 atom stereocenters. The van der Waals surface area contributed by atoms with Gasteiger partial charge in [-0.05, 0) is 0 Å². The number of nitrogens with zero attached hydrogens (tertiary/aromatic N) is 2. The van der Waals surface area contributed by atoms with Gasteiger partial charge in [-0.2, -0.15) is 0 Å². The minimum absolute atomic E-state index is 0.145. The molecule has 0 saturated heterocycles. The van der Waals surface area contributed by atoms with Gasteiger partial charge in [-0.15, -0.1) is 0 Å². The van der Waals surface area contributed by atoms with Crippen molar-refractivity contribution in [2.45, 2.75) is 31.6 Å². The molecule has 161 valence electrons. The summed E-state index contributed by atoms with van der Waals surface area (Å²) < 4.78 is 6.56. The van der Waals surface area contributed by atoms with Crippen LogP contribution in [-0.2, 0) is 0 Å². The second-order valence-electron chi connectivity index (χ2n) is 7.02. The Morgan fingerprint density at radius 2 is 1.81 bits per heavy atom. The molecule has 1 N–H and O–H groups in total. The van der Waals surface area contributed by atoms with E-state index in [0.29, 0.717) is 22.2 Å². The molecule has 0 aliphatic rings. The predicted octanol–water partition coefficient (Wildman–Crippen LogP) is 4.81. The molecule has 0 unspecified atom stereocenters. The minimum atomic E-state index is -0.255. The van der Waals surface area contributed by atoms with Crippen LogP contribution in [0.25, 0.3) is 11.3 Å². The molecule has 0 fully saturated rings. The van der Waals surface area contributed by atoms with E-state index in [0.717, 1.165) is 33.2 Å². The molecule has 31 heavy (non-hydrogen) atoms. The zero-order valence-electron chi connectivity index (χ0n) is 17.3. The third-order valence-corrected chi connectivity index (χ3v) is 7.04. The van der Waals surface area contributed by atoms with Crippen LogP contribution >= 0.6 is 23.2 Å². The van der Waals surface area contributed by atoms with Crippen LogP contribution in [0.15, 0.2) is 54.7 Å². The first-order chi connectivity index (χ1) is 14.9. The summed E-state index contributed by atoms with van der Waals surface area (Å²) in [6, 6.07) is 14.9. The van der Waals surface area contributed by atoms with Crippen molar-refractivity contribution in [3.8, 4) is 17.0 Å². The van der Waals surface area contributed by atoms with Gasteiger partial charge >= 0.3 is 200 Å². The standard InChI is InChI=1S/C23H23AsCl2N3O2/c1-15(2)31-17-9-7-16(8-10-17)20-11-14-28-23(29-20)24-12-4-13-27-22(30)21-18(25)5-3-6-19(21)26/h3,5-11,14-15H,4,12-13H2,1-2H3,(H,27,30). The molecule has 8 heteroatoms. The quantitative estimate of drug-likeness (QED) is 0.326. The number of hydrogen-bond donors (Lipinski definition) is 1. The van der Waals surface area contributed by atoms with Crippen molar-refractivity contribution in [3.05, 3.63) is 70.3 Å². The molecule has 1 heterocycles.